The molecule has 2 heterocycles. The van der Waals surface area contributed by atoms with E-state index in [0.29, 0.717) is 23.4 Å². The van der Waals surface area contributed by atoms with Crippen LogP contribution in [0, 0.1) is 56.2 Å². The summed E-state index contributed by atoms with van der Waals surface area (Å²) >= 11 is 6.04. The molecule has 1 aliphatic carbocycles. The van der Waals surface area contributed by atoms with Crippen molar-refractivity contribution in [2.75, 3.05) is 0 Å². The van der Waals surface area contributed by atoms with Crippen LogP contribution in [0.3, 0.4) is 0 Å². The highest BCUT2D eigenvalue weighted by molar-refractivity contribution is 6.30. The predicted molar refractivity (Wildman–Crippen MR) is 115 cm³/mol. The quantitative estimate of drug-likeness (QED) is 0.682. The van der Waals surface area contributed by atoms with Gasteiger partial charge < -0.3 is 9.47 Å². The molecule has 0 radical (unpaired) electrons. The van der Waals surface area contributed by atoms with Crippen LogP contribution < -0.4 is 0 Å². The first-order valence-corrected chi connectivity index (χ1v) is 10.8. The summed E-state index contributed by atoms with van der Waals surface area (Å²) in [7, 11) is 0. The Morgan fingerprint density at radius 2 is 1.62 bits per heavy atom. The van der Waals surface area contributed by atoms with Gasteiger partial charge >= 0.3 is 0 Å². The van der Waals surface area contributed by atoms with Gasteiger partial charge in [0.25, 0.3) is 0 Å². The maximum absolute atomic E-state index is 10.5. The van der Waals surface area contributed by atoms with E-state index in [1.165, 1.54) is 0 Å². The zero-order chi connectivity index (χ0) is 22.6. The fraction of sp³-hybridized carbons (Fsp3) is 0.360. The van der Waals surface area contributed by atoms with Crippen LogP contribution in [0.5, 0.6) is 0 Å². The first-order valence-electron chi connectivity index (χ1n) is 10.5. The molecule has 1 N–H and O–H groups in total. The molecule has 3 fully saturated rings. The van der Waals surface area contributed by atoms with Crippen molar-refractivity contribution in [2.45, 2.75) is 37.1 Å². The molecular weight excluding hydrogens is 424 g/mol. The number of hydrogen-bond donors (Lipinski definition) is 1. The van der Waals surface area contributed by atoms with E-state index in [0.717, 1.165) is 12.0 Å². The largest absolute Gasteiger partial charge is 0.447 e. The fourth-order valence-electron chi connectivity index (χ4n) is 5.80. The number of hydrogen-bond acceptors (Lipinski definition) is 6. The minimum absolute atomic E-state index is 0.113. The number of nitrogens with one attached hydrogen (secondary N) is 1. The third kappa shape index (κ3) is 2.44. The molecule has 5 rings (SSSR count). The van der Waals surface area contributed by atoms with Gasteiger partial charge in [0.2, 0.25) is 17.1 Å². The van der Waals surface area contributed by atoms with Gasteiger partial charge in [-0.15, -0.1) is 0 Å². The highest BCUT2D eigenvalue weighted by Crippen LogP contribution is 2.70. The highest BCUT2D eigenvalue weighted by Gasteiger charge is 2.81. The van der Waals surface area contributed by atoms with Gasteiger partial charge in [-0.2, -0.15) is 15.8 Å². The number of rotatable bonds is 2. The van der Waals surface area contributed by atoms with E-state index in [1.54, 1.807) is 24.3 Å². The van der Waals surface area contributed by atoms with Crippen LogP contribution in [0.1, 0.15) is 42.4 Å². The SMILES string of the molecule is N#CC1(C#N)C(c2ccc(Cl)cc2)OC23CCC(c4ccccc4)CC2C1(C#N)C(=N)O3. The zero-order valence-electron chi connectivity index (χ0n) is 17.1. The van der Waals surface area contributed by atoms with E-state index >= 15 is 0 Å². The third-order valence-corrected chi connectivity index (χ3v) is 7.61. The second-order valence-corrected chi connectivity index (χ2v) is 9.11. The Morgan fingerprint density at radius 1 is 0.938 bits per heavy atom. The van der Waals surface area contributed by atoms with Crippen molar-refractivity contribution >= 4 is 17.5 Å². The lowest BCUT2D eigenvalue weighted by molar-refractivity contribution is -0.296. The molecule has 5 atom stereocenters. The first kappa shape index (κ1) is 20.5. The Balaban J connectivity index is 1.68. The van der Waals surface area contributed by atoms with E-state index in [2.05, 4.69) is 18.2 Å². The second-order valence-electron chi connectivity index (χ2n) is 8.68. The molecule has 5 unspecified atom stereocenters. The Hall–Kier alpha value is -3.37. The zero-order valence-corrected chi connectivity index (χ0v) is 17.8. The number of halogens is 1. The number of benzene rings is 2. The molecule has 2 saturated heterocycles. The molecule has 6 nitrogen and oxygen atoms in total. The van der Waals surface area contributed by atoms with Gasteiger partial charge in [0.15, 0.2) is 5.41 Å². The van der Waals surface area contributed by atoms with Crippen LogP contribution in [0.4, 0.5) is 0 Å². The average molecular weight is 443 g/mol. The first-order chi connectivity index (χ1) is 15.5. The lowest BCUT2D eigenvalue weighted by atomic mass is 9.50. The van der Waals surface area contributed by atoms with Crippen LogP contribution in [0.25, 0.3) is 0 Å². The Labute approximate surface area is 191 Å². The number of nitriles is 3. The molecule has 2 aromatic rings. The van der Waals surface area contributed by atoms with Gasteiger partial charge in [-0.05, 0) is 42.0 Å². The monoisotopic (exact) mass is 442 g/mol. The average Bonchev–Trinajstić information content (AvgIpc) is 3.03. The Morgan fingerprint density at radius 3 is 2.25 bits per heavy atom. The van der Waals surface area contributed by atoms with Crippen molar-refractivity contribution < 1.29 is 9.47 Å². The predicted octanol–water partition coefficient (Wildman–Crippen LogP) is 5.24. The molecule has 32 heavy (non-hydrogen) atoms. The molecule has 2 bridgehead atoms. The number of nitrogens with zero attached hydrogens (tertiary/aromatic N) is 3. The molecule has 7 heteroatoms. The van der Waals surface area contributed by atoms with Gasteiger partial charge in [0.1, 0.15) is 6.10 Å². The fourth-order valence-corrected chi connectivity index (χ4v) is 5.93. The topological polar surface area (TPSA) is 114 Å². The molecule has 2 aromatic carbocycles. The minimum Gasteiger partial charge on any atom is -0.447 e. The summed E-state index contributed by atoms with van der Waals surface area (Å²) in [6, 6.07) is 23.1. The van der Waals surface area contributed by atoms with Crippen LogP contribution in [0.15, 0.2) is 54.6 Å². The van der Waals surface area contributed by atoms with Gasteiger partial charge in [-0.1, -0.05) is 54.1 Å². The maximum Gasteiger partial charge on any atom is 0.217 e. The van der Waals surface area contributed by atoms with Crippen molar-refractivity contribution in [3.05, 3.63) is 70.7 Å². The molecule has 0 spiro atoms. The summed E-state index contributed by atoms with van der Waals surface area (Å²) < 4.78 is 12.5. The van der Waals surface area contributed by atoms with Gasteiger partial charge in [-0.3, -0.25) is 5.41 Å². The molecule has 1 saturated carbocycles. The van der Waals surface area contributed by atoms with Crippen molar-refractivity contribution in [1.82, 2.24) is 0 Å². The van der Waals surface area contributed by atoms with Gasteiger partial charge in [-0.25, -0.2) is 0 Å². The van der Waals surface area contributed by atoms with Gasteiger partial charge in [0.05, 0.1) is 24.1 Å². The molecule has 0 amide bonds. The molecule has 0 aromatic heterocycles. The summed E-state index contributed by atoms with van der Waals surface area (Å²) in [5, 5.41) is 40.4. The van der Waals surface area contributed by atoms with Crippen LogP contribution in [-0.4, -0.2) is 11.7 Å². The molecule has 2 aliphatic heterocycles. The summed E-state index contributed by atoms with van der Waals surface area (Å²) in [6.07, 6.45) is 0.634. The van der Waals surface area contributed by atoms with E-state index in [4.69, 9.17) is 26.5 Å². The van der Waals surface area contributed by atoms with E-state index in [9.17, 15) is 15.8 Å². The van der Waals surface area contributed by atoms with E-state index in [1.807, 2.05) is 30.3 Å². The van der Waals surface area contributed by atoms with Crippen molar-refractivity contribution in [1.29, 1.82) is 21.2 Å². The summed E-state index contributed by atoms with van der Waals surface area (Å²) in [6.45, 7) is 0. The van der Waals surface area contributed by atoms with Crippen LogP contribution >= 0.6 is 11.6 Å². The molecular formula is C25H19ClN4O2. The van der Waals surface area contributed by atoms with E-state index in [-0.39, 0.29) is 11.8 Å². The maximum atomic E-state index is 10.5. The lowest BCUT2D eigenvalue weighted by Crippen LogP contribution is -2.60. The van der Waals surface area contributed by atoms with Crippen molar-refractivity contribution in [3.63, 3.8) is 0 Å². The Kier molecular flexibility index (Phi) is 4.54. The summed E-state index contributed by atoms with van der Waals surface area (Å²) in [5.74, 6) is -2.07. The van der Waals surface area contributed by atoms with Crippen LogP contribution in [-0.2, 0) is 9.47 Å². The Bertz CT molecular complexity index is 1200. The van der Waals surface area contributed by atoms with E-state index < -0.39 is 28.6 Å². The van der Waals surface area contributed by atoms with Crippen molar-refractivity contribution in [2.24, 2.45) is 16.7 Å². The summed E-state index contributed by atoms with van der Waals surface area (Å²) in [5.41, 5.74) is -2.01. The minimum atomic E-state index is -1.95. The highest BCUT2D eigenvalue weighted by atomic mass is 35.5. The van der Waals surface area contributed by atoms with Crippen molar-refractivity contribution in [3.8, 4) is 18.2 Å². The molecule has 3 aliphatic rings. The van der Waals surface area contributed by atoms with Gasteiger partial charge in [0, 0.05) is 11.4 Å². The number of ether oxygens (including phenoxy) is 2. The standard InChI is InChI=1S/C25H19ClN4O2/c26-19-8-6-17(7-9-19)21-23(13-27,14-28)24(15-29)20-12-18(16-4-2-1-3-5-16)10-11-25(20,31-21)32-22(24)30/h1-9,18,20-21,30H,10-12H2. The smallest absolute Gasteiger partial charge is 0.217 e. The normalized spacial score (nSPS) is 34.3. The summed E-state index contributed by atoms with van der Waals surface area (Å²) in [4.78, 5) is 0. The second kappa shape index (κ2) is 7.07. The third-order valence-electron chi connectivity index (χ3n) is 7.35. The lowest BCUT2D eigenvalue weighted by Gasteiger charge is -2.52. The molecule has 158 valence electrons. The van der Waals surface area contributed by atoms with Crippen LogP contribution in [0.2, 0.25) is 5.02 Å².